The second-order valence-corrected chi connectivity index (χ2v) is 33.0. The van der Waals surface area contributed by atoms with Gasteiger partial charge in [-0.2, -0.15) is 0 Å². The number of likely N-dealkylation sites (N-methyl/N-ethyl adjacent to an activating group) is 1. The molecule has 0 spiro atoms. The second-order valence-electron chi connectivity index (χ2n) is 33.0. The number of para-hydroxylation sites is 1. The number of guanidine groups is 2. The Kier molecular flexibility index (Phi) is 47.8. The van der Waals surface area contributed by atoms with Crippen molar-refractivity contribution in [2.24, 2.45) is 56.2 Å². The molecule has 14 atom stereocenters. The molecule has 6 rings (SSSR count). The van der Waals surface area contributed by atoms with Crippen LogP contribution in [0, 0.1) is 11.8 Å². The average Bonchev–Trinajstić information content (AvgIpc) is 1.64. The number of benzene rings is 2. The maximum atomic E-state index is 14.5. The van der Waals surface area contributed by atoms with E-state index >= 15 is 0 Å². The molecule has 0 aliphatic carbocycles. The molecule has 1 aromatic heterocycles. The first-order valence-electron chi connectivity index (χ1n) is 44.6. The van der Waals surface area contributed by atoms with Gasteiger partial charge in [0, 0.05) is 68.5 Å². The number of aliphatic imine (C=N–C) groups is 2. The highest BCUT2D eigenvalue weighted by molar-refractivity contribution is 6.00. The predicted octanol–water partition coefficient (Wildman–Crippen LogP) is -0.574. The van der Waals surface area contributed by atoms with Crippen LogP contribution in [-0.4, -0.2) is 239 Å². The Bertz CT molecular complexity index is 4080. The van der Waals surface area contributed by atoms with Crippen molar-refractivity contribution >= 4 is 111 Å². The van der Waals surface area contributed by atoms with E-state index in [9.17, 15) is 82.1 Å². The maximum Gasteiger partial charge on any atom is 0.245 e. The van der Waals surface area contributed by atoms with Gasteiger partial charge in [0.2, 0.25) is 82.7 Å². The van der Waals surface area contributed by atoms with E-state index in [0.717, 1.165) is 42.1 Å². The van der Waals surface area contributed by atoms with Gasteiger partial charge in [-0.1, -0.05) is 152 Å². The molecule has 126 heavy (non-hydrogen) atoms. The van der Waals surface area contributed by atoms with Crippen molar-refractivity contribution in [3.05, 3.63) is 71.9 Å². The summed E-state index contributed by atoms with van der Waals surface area (Å²) in [4.78, 5) is 213. The number of nitrogens with one attached hydrogen (secondary N) is 13. The Morgan fingerprint density at radius 3 is 1.75 bits per heavy atom. The fraction of sp³-hybridized carbons (Fsp3) is 0.644. The van der Waals surface area contributed by atoms with Gasteiger partial charge in [-0.15, -0.1) is 0 Å². The Hall–Kier alpha value is -11.4. The van der Waals surface area contributed by atoms with Crippen molar-refractivity contribution in [3.63, 3.8) is 0 Å². The van der Waals surface area contributed by atoms with Gasteiger partial charge in [0.05, 0.1) is 37.8 Å². The number of rotatable bonds is 48. The van der Waals surface area contributed by atoms with Crippen molar-refractivity contribution < 1.29 is 82.1 Å². The van der Waals surface area contributed by atoms with Crippen LogP contribution in [-0.2, 0) is 84.8 Å². The zero-order valence-electron chi connectivity index (χ0n) is 73.8. The molecule has 4 heterocycles. The lowest BCUT2D eigenvalue weighted by molar-refractivity contribution is -0.142. The summed E-state index contributed by atoms with van der Waals surface area (Å²) in [5.41, 5.74) is 35.3. The molecule has 27 N–H and O–H groups in total. The minimum Gasteiger partial charge on any atom is -0.394 e. The van der Waals surface area contributed by atoms with E-state index in [1.165, 1.54) is 71.6 Å². The third kappa shape index (κ3) is 38.2. The smallest absolute Gasteiger partial charge is 0.245 e. The molecule has 0 radical (unpaired) electrons. The average molecular weight is 1770 g/mol. The highest BCUT2D eigenvalue weighted by Gasteiger charge is 2.47. The number of aromatic nitrogens is 1. The molecule has 3 saturated heterocycles. The summed E-state index contributed by atoms with van der Waals surface area (Å²) in [7, 11) is 1.64. The standard InChI is InChI=1S/C44H60N12O7.C43H80N10O10/c1-48-35-21-27-18-26-20-36(56(24-26)43(35)63)42(62)55-33(19-25-10-3-2-4-11-25)40(60)53-32(15-9-17-50-44(46)47)39(59)54-34(22-28-23-51-30-13-6-5-12-29(28)30)41(61)52-31(37(45)57)14-7-8-16-49-38(27)58;1-5-7-9-10-11-12-13-14-15-16-17-18-19-24-36(58)48-27-37(59)49-34(28-54)41(62)52-33(26-35(44)57)40(61)51-32(23-20-21-25-47-43(45)46)39(60)53-38(30(4)56)42(63)50-31(29(3)55)22-8-6-2/h2-6,10-13,23,26-27,31-36,48,51H,7-9,14-22,24H2,1H3,(H2,45,57)(H,49,58)(H,52,61)(H,53,60)(H,54,59)(H,55,62)(H4,46,47,50);30-34,38,54,56H,5-28H2,1-4H3,(H2,44,57)(H,48,58)(H,49,59)(H,50,63)(H,51,61)(H,52,62)(H,53,60)(H4,45,46,47)/t26-,27?,31+,32+,33-,34+,35+,36+;30?,31-,32-,33-,34-,38-/m10/s1. The largest absolute Gasteiger partial charge is 0.394 e. The van der Waals surface area contributed by atoms with Crippen LogP contribution in [0.2, 0.25) is 0 Å². The van der Waals surface area contributed by atoms with E-state index in [2.05, 4.69) is 85.7 Å². The zero-order valence-corrected chi connectivity index (χ0v) is 73.8. The zero-order chi connectivity index (χ0) is 92.6. The SMILES string of the molecule is CCCCCCCCCCCCCCCC(=O)NCC(=O)N[C@@H](CO)C(=O)N[C@@H](CC(N)=O)C(=O)N[C@@H](CCCCN=C(N)N)C(=O)N[C@H](C(=O)N[C@@H](CCCC)C(C)=O)C(C)O.CN[C@H]1CC2C[C@@H]3C[C@@H](C(=O)N[C@H](Cc4ccccc4)C(=O)N[C@@H](CCCN=C(N)N)C(=O)N[C@@H](Cc4c[nH]c5ccccc45)C(=O)N[C@H](C(N)=O)CCCCNC2=O)N(C3)C1=O. The molecule has 2 unspecified atom stereocenters. The lowest BCUT2D eigenvalue weighted by Crippen LogP contribution is -2.61. The van der Waals surface area contributed by atoms with E-state index in [1.54, 1.807) is 30.3 Å². The van der Waals surface area contributed by atoms with Crippen LogP contribution in [0.3, 0.4) is 0 Å². The molecular weight excluding hydrogens is 1630 g/mol. The molecule has 39 nitrogen and oxygen atoms in total. The predicted molar refractivity (Wildman–Crippen MR) is 475 cm³/mol. The van der Waals surface area contributed by atoms with Gasteiger partial charge in [-0.25, -0.2) is 0 Å². The first-order chi connectivity index (χ1) is 60.3. The number of aliphatic hydroxyl groups is 2. The van der Waals surface area contributed by atoms with Crippen LogP contribution < -0.4 is 98.2 Å². The molecule has 700 valence electrons. The first kappa shape index (κ1) is 105. The monoisotopic (exact) mass is 1770 g/mol. The number of primary amides is 2. The van der Waals surface area contributed by atoms with Crippen molar-refractivity contribution in [2.75, 3.05) is 46.4 Å². The summed E-state index contributed by atoms with van der Waals surface area (Å²) < 4.78 is 0. The van der Waals surface area contributed by atoms with Gasteiger partial charge < -0.3 is 118 Å². The van der Waals surface area contributed by atoms with Crippen LogP contribution in [0.5, 0.6) is 0 Å². The molecule has 0 saturated carbocycles. The third-order valence-electron chi connectivity index (χ3n) is 22.6. The molecule has 3 fully saturated rings. The molecular formula is C87H140N22O17. The Morgan fingerprint density at radius 2 is 1.13 bits per heavy atom. The highest BCUT2D eigenvalue weighted by Crippen LogP contribution is 2.35. The Balaban J connectivity index is 0.000000447. The second kappa shape index (κ2) is 57.3. The van der Waals surface area contributed by atoms with Gasteiger partial charge in [0.1, 0.15) is 54.4 Å². The van der Waals surface area contributed by atoms with E-state index < -0.39 is 163 Å². The number of nitrogens with zero attached hydrogens (tertiary/aromatic N) is 3. The summed E-state index contributed by atoms with van der Waals surface area (Å²) in [5.74, 6) is -11.2. The van der Waals surface area contributed by atoms with Crippen LogP contribution in [0.15, 0.2) is 70.8 Å². The van der Waals surface area contributed by atoms with Crippen LogP contribution in [0.1, 0.15) is 225 Å². The maximum absolute atomic E-state index is 14.5. The van der Waals surface area contributed by atoms with Crippen molar-refractivity contribution in [1.29, 1.82) is 0 Å². The number of carbonyl (C=O) groups excluding carboxylic acids is 15. The number of aliphatic hydroxyl groups excluding tert-OH is 2. The van der Waals surface area contributed by atoms with Gasteiger partial charge >= 0.3 is 0 Å². The quantitative estimate of drug-likeness (QED) is 0.0191. The number of Topliss-reactive ketones (excluding diaryl/α,β-unsaturated/α-hetero) is 1. The molecule has 3 aliphatic rings. The number of hydrogen-bond acceptors (Lipinski definition) is 20. The number of fused-ring (bicyclic) bond motifs is 5. The van der Waals surface area contributed by atoms with Crippen LogP contribution in [0.25, 0.3) is 10.9 Å². The summed E-state index contributed by atoms with van der Waals surface area (Å²) in [6, 6.07) is 3.00. The number of carbonyl (C=O) groups is 15. The molecule has 39 heteroatoms. The topological polar surface area (TPSA) is 641 Å². The van der Waals surface area contributed by atoms with Crippen molar-refractivity contribution in [3.8, 4) is 0 Å². The van der Waals surface area contributed by atoms with Crippen molar-refractivity contribution in [1.82, 2.24) is 73.7 Å². The Morgan fingerprint density at radius 1 is 0.563 bits per heavy atom. The number of nitrogens with two attached hydrogens (primary N) is 6. The lowest BCUT2D eigenvalue weighted by atomic mass is 9.86. The minimum absolute atomic E-state index is 0.00757. The lowest BCUT2D eigenvalue weighted by Gasteiger charge is -2.32. The fourth-order valence-electron chi connectivity index (χ4n) is 15.5. The van der Waals surface area contributed by atoms with E-state index in [1.807, 2.05) is 49.4 Å². The highest BCUT2D eigenvalue weighted by atomic mass is 16.3. The van der Waals surface area contributed by atoms with E-state index in [0.29, 0.717) is 56.9 Å². The number of amides is 14. The number of H-pyrrole nitrogens is 1. The molecule has 3 aliphatic heterocycles. The van der Waals surface area contributed by atoms with Gasteiger partial charge in [-0.05, 0) is 127 Å². The summed E-state index contributed by atoms with van der Waals surface area (Å²) >= 11 is 0. The summed E-state index contributed by atoms with van der Waals surface area (Å²) in [6.45, 7) is 6.17. The number of aromatic amines is 1. The fourth-order valence-corrected chi connectivity index (χ4v) is 15.5. The molecule has 3 aromatic rings. The number of hydrogen-bond donors (Lipinski definition) is 21. The van der Waals surface area contributed by atoms with Crippen LogP contribution >= 0.6 is 0 Å². The van der Waals surface area contributed by atoms with E-state index in [4.69, 9.17) is 34.4 Å². The Labute approximate surface area is 737 Å². The summed E-state index contributed by atoms with van der Waals surface area (Å²) in [6.07, 6.45) is 19.5. The number of unbranched alkanes of at least 4 members (excludes halogenated alkanes) is 14. The molecule has 4 bridgehead atoms. The van der Waals surface area contributed by atoms with Gasteiger partial charge in [-0.3, -0.25) is 81.9 Å². The van der Waals surface area contributed by atoms with Crippen LogP contribution in [0.4, 0.5) is 0 Å². The summed E-state index contributed by atoms with van der Waals surface area (Å²) in [5, 5.41) is 53.0. The molecule has 2 aromatic carbocycles. The van der Waals surface area contributed by atoms with Crippen molar-refractivity contribution in [2.45, 2.75) is 299 Å². The number of ketones is 1. The van der Waals surface area contributed by atoms with E-state index in [-0.39, 0.29) is 125 Å². The normalized spacial score (nSPS) is 20.3. The minimum atomic E-state index is -1.69. The molecule has 14 amide bonds. The third-order valence-corrected chi connectivity index (χ3v) is 22.6. The van der Waals surface area contributed by atoms with Gasteiger partial charge in [0.15, 0.2) is 17.7 Å². The van der Waals surface area contributed by atoms with Gasteiger partial charge in [0.25, 0.3) is 0 Å². The first-order valence-corrected chi connectivity index (χ1v) is 44.6.